The van der Waals surface area contributed by atoms with Crippen LogP contribution in [0.4, 0.5) is 0 Å². The summed E-state index contributed by atoms with van der Waals surface area (Å²) in [6.07, 6.45) is 2.94. The molecule has 0 heterocycles. The van der Waals surface area contributed by atoms with E-state index >= 15 is 0 Å². The number of amides is 2. The maximum absolute atomic E-state index is 11.8. The molecule has 0 aliphatic heterocycles. The Kier molecular flexibility index (Phi) is 8.64. The van der Waals surface area contributed by atoms with Crippen LogP contribution in [0.3, 0.4) is 0 Å². The Balaban J connectivity index is 1.69. The SMILES string of the molecule is CC(C)c1ccc(OCC(=O)NNC(=S)NC(=O)/C=C/c2ccc(Cl)cc2)cc1. The highest BCUT2D eigenvalue weighted by Crippen LogP contribution is 2.18. The van der Waals surface area contributed by atoms with E-state index in [1.54, 1.807) is 30.3 Å². The molecule has 0 bridgehead atoms. The Hall–Kier alpha value is -2.90. The zero-order valence-corrected chi connectivity index (χ0v) is 17.6. The molecule has 2 aromatic carbocycles. The average Bonchev–Trinajstić information content (AvgIpc) is 2.70. The van der Waals surface area contributed by atoms with Crippen molar-refractivity contribution in [3.8, 4) is 5.75 Å². The summed E-state index contributed by atoms with van der Waals surface area (Å²) in [5, 5.41) is 3.00. The molecule has 0 unspecified atom stereocenters. The molecule has 2 aromatic rings. The largest absolute Gasteiger partial charge is 0.484 e. The van der Waals surface area contributed by atoms with Gasteiger partial charge in [0.1, 0.15) is 5.75 Å². The van der Waals surface area contributed by atoms with Gasteiger partial charge in [-0.25, -0.2) is 0 Å². The summed E-state index contributed by atoms with van der Waals surface area (Å²) in [6.45, 7) is 4.01. The summed E-state index contributed by atoms with van der Waals surface area (Å²) < 4.78 is 5.41. The minimum Gasteiger partial charge on any atom is -0.484 e. The van der Waals surface area contributed by atoms with Gasteiger partial charge in [0.05, 0.1) is 0 Å². The smallest absolute Gasteiger partial charge is 0.276 e. The number of ether oxygens (including phenoxy) is 1. The van der Waals surface area contributed by atoms with Gasteiger partial charge in [-0.3, -0.25) is 25.8 Å². The maximum Gasteiger partial charge on any atom is 0.276 e. The van der Waals surface area contributed by atoms with Gasteiger partial charge in [0, 0.05) is 11.1 Å². The molecule has 29 heavy (non-hydrogen) atoms. The number of nitrogens with one attached hydrogen (secondary N) is 3. The Morgan fingerprint density at radius 1 is 1.07 bits per heavy atom. The number of halogens is 1. The lowest BCUT2D eigenvalue weighted by Crippen LogP contribution is -2.49. The van der Waals surface area contributed by atoms with E-state index in [2.05, 4.69) is 30.0 Å². The van der Waals surface area contributed by atoms with Crippen LogP contribution in [-0.4, -0.2) is 23.5 Å². The van der Waals surface area contributed by atoms with Crippen LogP contribution in [0.25, 0.3) is 6.08 Å². The molecule has 0 aliphatic rings. The molecule has 8 heteroatoms. The first-order valence-electron chi connectivity index (χ1n) is 8.89. The summed E-state index contributed by atoms with van der Waals surface area (Å²) >= 11 is 10.8. The highest BCUT2D eigenvalue weighted by atomic mass is 35.5. The summed E-state index contributed by atoms with van der Waals surface area (Å²) in [5.74, 6) is 0.140. The second-order valence-corrected chi connectivity index (χ2v) is 7.23. The Bertz CT molecular complexity index is 881. The van der Waals surface area contributed by atoms with Gasteiger partial charge >= 0.3 is 0 Å². The van der Waals surface area contributed by atoms with E-state index in [0.717, 1.165) is 5.56 Å². The van der Waals surface area contributed by atoms with Crippen molar-refractivity contribution < 1.29 is 14.3 Å². The standard InChI is InChI=1S/C21H22ClN3O3S/c1-14(2)16-6-10-18(11-7-16)28-13-20(27)24-25-21(29)23-19(26)12-5-15-3-8-17(22)9-4-15/h3-12,14H,13H2,1-2H3,(H,24,27)(H2,23,25,26,29)/b12-5+. The van der Waals surface area contributed by atoms with Crippen molar-refractivity contribution in [1.82, 2.24) is 16.2 Å². The van der Waals surface area contributed by atoms with Crippen molar-refractivity contribution >= 4 is 46.8 Å². The van der Waals surface area contributed by atoms with Gasteiger partial charge in [-0.15, -0.1) is 0 Å². The van der Waals surface area contributed by atoms with Crippen LogP contribution in [0, 0.1) is 0 Å². The lowest BCUT2D eigenvalue weighted by Gasteiger charge is -2.11. The first-order valence-corrected chi connectivity index (χ1v) is 9.68. The number of thiocarbonyl (C=S) groups is 1. The molecule has 0 atom stereocenters. The summed E-state index contributed by atoms with van der Waals surface area (Å²) in [5.41, 5.74) is 6.81. The van der Waals surface area contributed by atoms with Crippen molar-refractivity contribution in [1.29, 1.82) is 0 Å². The van der Waals surface area contributed by atoms with Crippen molar-refractivity contribution in [3.63, 3.8) is 0 Å². The van der Waals surface area contributed by atoms with Crippen molar-refractivity contribution in [2.45, 2.75) is 19.8 Å². The number of hydrogen-bond donors (Lipinski definition) is 3. The number of benzene rings is 2. The van der Waals surface area contributed by atoms with Crippen LogP contribution in [-0.2, 0) is 9.59 Å². The molecule has 0 aromatic heterocycles. The summed E-state index contributed by atoms with van der Waals surface area (Å²) in [7, 11) is 0. The second-order valence-electron chi connectivity index (χ2n) is 6.39. The van der Waals surface area contributed by atoms with Crippen molar-refractivity contribution in [2.24, 2.45) is 0 Å². The highest BCUT2D eigenvalue weighted by Gasteiger charge is 2.06. The normalized spacial score (nSPS) is 10.6. The van der Waals surface area contributed by atoms with E-state index in [1.165, 1.54) is 11.6 Å². The van der Waals surface area contributed by atoms with E-state index in [0.29, 0.717) is 16.7 Å². The number of carbonyl (C=O) groups excluding carboxylic acids is 2. The Labute approximate surface area is 180 Å². The van der Waals surface area contributed by atoms with Crippen LogP contribution in [0.2, 0.25) is 5.02 Å². The first-order chi connectivity index (χ1) is 13.8. The fourth-order valence-corrected chi connectivity index (χ4v) is 2.47. The van der Waals surface area contributed by atoms with Crippen LogP contribution < -0.4 is 20.9 Å². The molecule has 0 saturated heterocycles. The monoisotopic (exact) mass is 431 g/mol. The van der Waals surface area contributed by atoms with Gasteiger partial charge in [0.2, 0.25) is 5.91 Å². The third kappa shape index (κ3) is 8.33. The van der Waals surface area contributed by atoms with Gasteiger partial charge in [-0.05, 0) is 59.6 Å². The van der Waals surface area contributed by atoms with Crippen LogP contribution in [0.5, 0.6) is 5.75 Å². The lowest BCUT2D eigenvalue weighted by molar-refractivity contribution is -0.123. The minimum atomic E-state index is -0.439. The molecule has 0 saturated carbocycles. The van der Waals surface area contributed by atoms with E-state index in [1.807, 2.05) is 24.3 Å². The Morgan fingerprint density at radius 3 is 2.34 bits per heavy atom. The lowest BCUT2D eigenvalue weighted by atomic mass is 10.0. The first kappa shape index (κ1) is 22.4. The average molecular weight is 432 g/mol. The predicted octanol–water partition coefficient (Wildman–Crippen LogP) is 3.58. The molecule has 0 aliphatic carbocycles. The molecule has 0 spiro atoms. The van der Waals surface area contributed by atoms with Crippen LogP contribution >= 0.6 is 23.8 Å². The summed E-state index contributed by atoms with van der Waals surface area (Å²) in [6, 6.07) is 14.5. The molecule has 0 fully saturated rings. The van der Waals surface area contributed by atoms with Crippen LogP contribution in [0.1, 0.15) is 30.9 Å². The van der Waals surface area contributed by atoms with Crippen molar-refractivity contribution in [3.05, 3.63) is 70.8 Å². The third-order valence-electron chi connectivity index (χ3n) is 3.77. The van der Waals surface area contributed by atoms with E-state index in [4.69, 9.17) is 28.6 Å². The Morgan fingerprint density at radius 2 is 1.72 bits per heavy atom. The fourth-order valence-electron chi connectivity index (χ4n) is 2.19. The van der Waals surface area contributed by atoms with Gasteiger partial charge < -0.3 is 4.74 Å². The maximum atomic E-state index is 11.8. The molecule has 3 N–H and O–H groups in total. The fraction of sp³-hybridized carbons (Fsp3) is 0.190. The molecule has 152 valence electrons. The highest BCUT2D eigenvalue weighted by molar-refractivity contribution is 7.80. The topological polar surface area (TPSA) is 79.5 Å². The number of hydrazine groups is 1. The molecule has 2 amide bonds. The zero-order valence-electron chi connectivity index (χ0n) is 16.1. The quantitative estimate of drug-likeness (QED) is 0.370. The molecule has 6 nitrogen and oxygen atoms in total. The summed E-state index contributed by atoms with van der Waals surface area (Å²) in [4.78, 5) is 23.7. The molecule has 0 radical (unpaired) electrons. The third-order valence-corrected chi connectivity index (χ3v) is 4.22. The molecular formula is C21H22ClN3O3S. The zero-order chi connectivity index (χ0) is 21.2. The van der Waals surface area contributed by atoms with Gasteiger partial charge in [-0.2, -0.15) is 0 Å². The van der Waals surface area contributed by atoms with E-state index < -0.39 is 11.8 Å². The van der Waals surface area contributed by atoms with Crippen molar-refractivity contribution in [2.75, 3.05) is 6.61 Å². The van der Waals surface area contributed by atoms with Crippen LogP contribution in [0.15, 0.2) is 54.6 Å². The van der Waals surface area contributed by atoms with Gasteiger partial charge in [-0.1, -0.05) is 49.7 Å². The predicted molar refractivity (Wildman–Crippen MR) is 119 cm³/mol. The van der Waals surface area contributed by atoms with E-state index in [9.17, 15) is 9.59 Å². The van der Waals surface area contributed by atoms with Gasteiger partial charge in [0.25, 0.3) is 5.91 Å². The minimum absolute atomic E-state index is 0.0367. The number of hydrogen-bond acceptors (Lipinski definition) is 4. The van der Waals surface area contributed by atoms with E-state index in [-0.39, 0.29) is 11.7 Å². The number of rotatable bonds is 6. The number of carbonyl (C=O) groups is 2. The molecule has 2 rings (SSSR count). The van der Waals surface area contributed by atoms with Gasteiger partial charge in [0.15, 0.2) is 11.7 Å². The molecular weight excluding hydrogens is 410 g/mol. The second kappa shape index (κ2) is 11.2.